The average Bonchev–Trinajstić information content (AvgIpc) is 3.43. The summed E-state index contributed by atoms with van der Waals surface area (Å²) in [7, 11) is 4.12. The monoisotopic (exact) mass is 382 g/mol. The Kier molecular flexibility index (Phi) is 4.09. The van der Waals surface area contributed by atoms with Crippen LogP contribution in [-0.4, -0.2) is 29.3 Å². The first-order valence-corrected chi connectivity index (χ1v) is 9.66. The van der Waals surface area contributed by atoms with Crippen LogP contribution in [0.3, 0.4) is 0 Å². The molecule has 4 aromatic rings. The molecule has 1 atom stereocenters. The van der Waals surface area contributed by atoms with Gasteiger partial charge in [0.15, 0.2) is 6.39 Å². The maximum Gasteiger partial charge on any atom is 0.181 e. The summed E-state index contributed by atoms with van der Waals surface area (Å²) < 4.78 is 5.15. The summed E-state index contributed by atoms with van der Waals surface area (Å²) in [6, 6.07) is 19.5. The van der Waals surface area contributed by atoms with Gasteiger partial charge in [-0.1, -0.05) is 54.6 Å². The fourth-order valence-corrected chi connectivity index (χ4v) is 4.14. The predicted molar refractivity (Wildman–Crippen MR) is 115 cm³/mol. The lowest BCUT2D eigenvalue weighted by atomic mass is 9.68. The lowest BCUT2D eigenvalue weighted by molar-refractivity contribution is 0.558. The number of nitrogens with one attached hydrogen (secondary N) is 1. The first kappa shape index (κ1) is 17.5. The molecule has 0 saturated heterocycles. The van der Waals surface area contributed by atoms with E-state index in [0.29, 0.717) is 0 Å². The maximum atomic E-state index is 5.15. The largest absolute Gasteiger partial charge is 0.451 e. The third kappa shape index (κ3) is 2.86. The highest BCUT2D eigenvalue weighted by Gasteiger charge is 2.36. The van der Waals surface area contributed by atoms with Gasteiger partial charge in [0.25, 0.3) is 0 Å². The minimum absolute atomic E-state index is 0.257. The number of hydrogen-bond acceptors (Lipinski definition) is 4. The van der Waals surface area contributed by atoms with Gasteiger partial charge in [-0.25, -0.2) is 4.98 Å². The number of nitrogens with zero attached hydrogens (tertiary/aromatic N) is 3. The Labute approximate surface area is 169 Å². The number of hydrogen-bond donors (Lipinski definition) is 1. The Balaban J connectivity index is 1.63. The van der Waals surface area contributed by atoms with Gasteiger partial charge in [0.1, 0.15) is 17.7 Å². The van der Waals surface area contributed by atoms with Crippen molar-refractivity contribution in [2.45, 2.75) is 11.8 Å². The van der Waals surface area contributed by atoms with Crippen molar-refractivity contribution in [3.8, 4) is 11.4 Å². The van der Waals surface area contributed by atoms with Crippen molar-refractivity contribution in [3.05, 3.63) is 95.7 Å². The minimum Gasteiger partial charge on any atom is -0.451 e. The van der Waals surface area contributed by atoms with Crippen molar-refractivity contribution in [2.24, 2.45) is 0 Å². The van der Waals surface area contributed by atoms with E-state index in [4.69, 9.17) is 4.42 Å². The first-order valence-electron chi connectivity index (χ1n) is 9.66. The highest BCUT2D eigenvalue weighted by Crippen LogP contribution is 2.43. The maximum absolute atomic E-state index is 5.15. The molecule has 144 valence electrons. The van der Waals surface area contributed by atoms with E-state index in [1.54, 1.807) is 6.26 Å². The molecule has 29 heavy (non-hydrogen) atoms. The SMILES string of the molecule is CN(C)c1ccc(C2(c3ccccc3)C=Cc3c(-c4cocn4)n[nH]c3C2)cc1. The molecule has 0 spiro atoms. The molecule has 1 N–H and O–H groups in total. The summed E-state index contributed by atoms with van der Waals surface area (Å²) in [6.07, 6.45) is 8.33. The molecule has 5 nitrogen and oxygen atoms in total. The number of H-pyrrole nitrogens is 1. The molecule has 0 aliphatic heterocycles. The Morgan fingerprint density at radius 2 is 1.76 bits per heavy atom. The van der Waals surface area contributed by atoms with Crippen LogP contribution in [0.1, 0.15) is 22.4 Å². The molecule has 2 heterocycles. The molecule has 0 radical (unpaired) electrons. The van der Waals surface area contributed by atoms with Crippen molar-refractivity contribution in [1.29, 1.82) is 0 Å². The number of aromatic nitrogens is 3. The predicted octanol–water partition coefficient (Wildman–Crippen LogP) is 4.69. The lowest BCUT2D eigenvalue weighted by Crippen LogP contribution is -2.30. The van der Waals surface area contributed by atoms with E-state index >= 15 is 0 Å². The van der Waals surface area contributed by atoms with Crippen molar-refractivity contribution in [1.82, 2.24) is 15.2 Å². The summed E-state index contributed by atoms with van der Waals surface area (Å²) >= 11 is 0. The van der Waals surface area contributed by atoms with Crippen molar-refractivity contribution in [2.75, 3.05) is 19.0 Å². The van der Waals surface area contributed by atoms with Gasteiger partial charge >= 0.3 is 0 Å². The van der Waals surface area contributed by atoms with Gasteiger partial charge in [0, 0.05) is 42.9 Å². The molecule has 0 amide bonds. The normalized spacial score (nSPS) is 17.9. The second kappa shape index (κ2) is 6.78. The Morgan fingerprint density at radius 3 is 2.45 bits per heavy atom. The van der Waals surface area contributed by atoms with Crippen LogP contribution >= 0.6 is 0 Å². The molecule has 0 bridgehead atoms. The molecule has 1 aliphatic carbocycles. The van der Waals surface area contributed by atoms with E-state index in [9.17, 15) is 0 Å². The molecule has 0 saturated carbocycles. The molecule has 5 heteroatoms. The van der Waals surface area contributed by atoms with Gasteiger partial charge in [0.05, 0.1) is 0 Å². The molecule has 0 fully saturated rings. The van der Waals surface area contributed by atoms with Crippen LogP contribution in [-0.2, 0) is 11.8 Å². The molecule has 1 aliphatic rings. The van der Waals surface area contributed by atoms with Gasteiger partial charge in [-0.2, -0.15) is 5.10 Å². The Hall–Kier alpha value is -3.60. The summed E-state index contributed by atoms with van der Waals surface area (Å²) in [5.41, 5.74) is 7.20. The second-order valence-corrected chi connectivity index (χ2v) is 7.63. The zero-order valence-corrected chi connectivity index (χ0v) is 16.5. The first-order chi connectivity index (χ1) is 14.2. The second-order valence-electron chi connectivity index (χ2n) is 7.63. The molecular weight excluding hydrogens is 360 g/mol. The molecule has 2 aromatic heterocycles. The van der Waals surface area contributed by atoms with Crippen molar-refractivity contribution in [3.63, 3.8) is 0 Å². The number of allylic oxidation sites excluding steroid dienone is 1. The summed E-state index contributed by atoms with van der Waals surface area (Å²) in [5, 5.41) is 7.77. The van der Waals surface area contributed by atoms with Crippen LogP contribution in [0.5, 0.6) is 0 Å². The van der Waals surface area contributed by atoms with E-state index in [0.717, 1.165) is 29.1 Å². The minimum atomic E-state index is -0.257. The number of anilines is 1. The zero-order valence-electron chi connectivity index (χ0n) is 16.5. The molecular formula is C24H22N4O. The third-order valence-electron chi connectivity index (χ3n) is 5.74. The van der Waals surface area contributed by atoms with Gasteiger partial charge in [-0.3, -0.25) is 5.10 Å². The fourth-order valence-electron chi connectivity index (χ4n) is 4.14. The Morgan fingerprint density at radius 1 is 1.00 bits per heavy atom. The van der Waals surface area contributed by atoms with Gasteiger partial charge in [-0.15, -0.1) is 0 Å². The standard InChI is InChI=1S/C24H22N4O/c1-28(2)19-10-8-18(9-11-19)24(17-6-4-3-5-7-17)13-12-20-21(14-24)26-27-23(20)22-15-29-16-25-22/h3-13,15-16H,14H2,1-2H3,(H,26,27). The molecule has 5 rings (SSSR count). The van der Waals surface area contributed by atoms with Crippen LogP contribution in [0.15, 0.2) is 77.7 Å². The number of rotatable bonds is 4. The number of fused-ring (bicyclic) bond motifs is 1. The van der Waals surface area contributed by atoms with Gasteiger partial charge in [-0.05, 0) is 23.3 Å². The van der Waals surface area contributed by atoms with Crippen LogP contribution in [0.2, 0.25) is 0 Å². The van der Waals surface area contributed by atoms with Crippen LogP contribution in [0, 0.1) is 0 Å². The van der Waals surface area contributed by atoms with Crippen LogP contribution < -0.4 is 4.90 Å². The third-order valence-corrected chi connectivity index (χ3v) is 5.74. The number of oxazole rings is 1. The van der Waals surface area contributed by atoms with E-state index in [1.807, 2.05) is 0 Å². The van der Waals surface area contributed by atoms with E-state index in [2.05, 4.69) is 101 Å². The zero-order chi connectivity index (χ0) is 19.8. The topological polar surface area (TPSA) is 58.0 Å². The highest BCUT2D eigenvalue weighted by molar-refractivity contribution is 5.74. The van der Waals surface area contributed by atoms with Gasteiger partial charge < -0.3 is 9.32 Å². The average molecular weight is 382 g/mol. The smallest absolute Gasteiger partial charge is 0.181 e. The summed E-state index contributed by atoms with van der Waals surface area (Å²) in [6.45, 7) is 0. The van der Waals surface area contributed by atoms with E-state index in [1.165, 1.54) is 23.2 Å². The summed E-state index contributed by atoms with van der Waals surface area (Å²) in [4.78, 5) is 6.38. The van der Waals surface area contributed by atoms with Crippen molar-refractivity contribution < 1.29 is 4.42 Å². The molecule has 1 unspecified atom stereocenters. The number of benzene rings is 2. The van der Waals surface area contributed by atoms with E-state index < -0.39 is 0 Å². The van der Waals surface area contributed by atoms with Crippen LogP contribution in [0.4, 0.5) is 5.69 Å². The van der Waals surface area contributed by atoms with Gasteiger partial charge in [0.2, 0.25) is 0 Å². The van der Waals surface area contributed by atoms with Crippen molar-refractivity contribution >= 4 is 11.8 Å². The lowest BCUT2D eigenvalue weighted by Gasteiger charge is -2.34. The Bertz CT molecular complexity index is 1140. The number of aromatic amines is 1. The molecule has 2 aromatic carbocycles. The highest BCUT2D eigenvalue weighted by atomic mass is 16.3. The quantitative estimate of drug-likeness (QED) is 0.556. The van der Waals surface area contributed by atoms with E-state index in [-0.39, 0.29) is 5.41 Å². The van der Waals surface area contributed by atoms with Crippen LogP contribution in [0.25, 0.3) is 17.5 Å². The fraction of sp³-hybridized carbons (Fsp3) is 0.167. The summed E-state index contributed by atoms with van der Waals surface area (Å²) in [5.74, 6) is 0.